The van der Waals surface area contributed by atoms with Gasteiger partial charge in [-0.3, -0.25) is 19.8 Å². The molecule has 0 aliphatic rings. The molecule has 2 aromatic carbocycles. The number of nitrogens with one attached hydrogen (secondary N) is 1. The number of carbonyl (C=O) groups is 3. The van der Waals surface area contributed by atoms with Crippen LogP contribution >= 0.6 is 0 Å². The highest BCUT2D eigenvalue weighted by molar-refractivity contribution is 6.01. The van der Waals surface area contributed by atoms with Crippen molar-refractivity contribution in [2.75, 3.05) is 0 Å². The lowest BCUT2D eigenvalue weighted by Gasteiger charge is -2.35. The van der Waals surface area contributed by atoms with E-state index in [-0.39, 0.29) is 11.7 Å². The van der Waals surface area contributed by atoms with E-state index in [1.165, 1.54) is 5.01 Å². The summed E-state index contributed by atoms with van der Waals surface area (Å²) in [7, 11) is 0. The van der Waals surface area contributed by atoms with Gasteiger partial charge in [0, 0.05) is 23.1 Å². The number of ketones is 1. The van der Waals surface area contributed by atoms with Crippen molar-refractivity contribution >= 4 is 17.6 Å². The van der Waals surface area contributed by atoms with Gasteiger partial charge in [-0.1, -0.05) is 37.3 Å². The van der Waals surface area contributed by atoms with E-state index < -0.39 is 11.4 Å². The molecule has 5 nitrogen and oxygen atoms in total. The maximum Gasteiger partial charge on any atom is 0.272 e. The predicted molar refractivity (Wildman–Crippen MR) is 124 cm³/mol. The molecule has 2 rings (SSSR count). The van der Waals surface area contributed by atoms with Gasteiger partial charge in [-0.25, -0.2) is 5.01 Å². The van der Waals surface area contributed by atoms with Gasteiger partial charge in [0.25, 0.3) is 11.8 Å². The Hall–Kier alpha value is -3.21. The minimum absolute atomic E-state index is 0.0198. The molecule has 1 N–H and O–H groups in total. The molecule has 0 heterocycles. The predicted octanol–water partition coefficient (Wildman–Crippen LogP) is 5.37. The number of benzene rings is 2. The minimum Gasteiger partial charge on any atom is -0.294 e. The van der Waals surface area contributed by atoms with Crippen LogP contribution in [0.15, 0.2) is 61.2 Å². The molecule has 0 bridgehead atoms. The molecular weight excluding hydrogens is 388 g/mol. The summed E-state index contributed by atoms with van der Waals surface area (Å²) in [5, 5.41) is 1.35. The number of hydrogen-bond donors (Lipinski definition) is 1. The van der Waals surface area contributed by atoms with Crippen molar-refractivity contribution in [2.45, 2.75) is 58.9 Å². The Morgan fingerprint density at radius 3 is 2.00 bits per heavy atom. The van der Waals surface area contributed by atoms with Gasteiger partial charge < -0.3 is 0 Å². The van der Waals surface area contributed by atoms with E-state index in [4.69, 9.17) is 0 Å². The van der Waals surface area contributed by atoms with Crippen molar-refractivity contribution in [3.8, 4) is 0 Å². The topological polar surface area (TPSA) is 66.5 Å². The van der Waals surface area contributed by atoms with E-state index in [1.54, 1.807) is 43.3 Å². The maximum absolute atomic E-state index is 13.2. The Bertz CT molecular complexity index is 923. The Labute approximate surface area is 185 Å². The summed E-state index contributed by atoms with van der Waals surface area (Å²) in [6.45, 7) is 11.1. The summed E-state index contributed by atoms with van der Waals surface area (Å²) in [6.07, 6.45) is 5.21. The third-order valence-corrected chi connectivity index (χ3v) is 4.95. The van der Waals surface area contributed by atoms with Crippen LogP contribution in [0.4, 0.5) is 0 Å². The number of aryl methyl sites for hydroxylation is 1. The number of nitrogens with zero attached hydrogens (tertiary/aromatic N) is 1. The smallest absolute Gasteiger partial charge is 0.272 e. The maximum atomic E-state index is 13.2. The van der Waals surface area contributed by atoms with Crippen molar-refractivity contribution in [3.63, 3.8) is 0 Å². The zero-order valence-corrected chi connectivity index (χ0v) is 18.9. The van der Waals surface area contributed by atoms with Gasteiger partial charge in [0.1, 0.15) is 0 Å². The first-order valence-electron chi connectivity index (χ1n) is 10.7. The Kier molecular flexibility index (Phi) is 8.31. The highest BCUT2D eigenvalue weighted by Crippen LogP contribution is 2.17. The van der Waals surface area contributed by atoms with Gasteiger partial charge in [-0.05, 0) is 69.9 Å². The molecule has 0 fully saturated rings. The van der Waals surface area contributed by atoms with E-state index in [2.05, 4.69) is 12.0 Å². The van der Waals surface area contributed by atoms with E-state index in [0.717, 1.165) is 24.8 Å². The molecule has 0 aliphatic carbocycles. The molecule has 0 saturated heterocycles. The fraction of sp³-hybridized carbons (Fsp3) is 0.346. The largest absolute Gasteiger partial charge is 0.294 e. The number of allylic oxidation sites excluding steroid dienone is 1. The van der Waals surface area contributed by atoms with Gasteiger partial charge in [0.15, 0.2) is 5.78 Å². The fourth-order valence-electron chi connectivity index (χ4n) is 3.09. The fourth-order valence-corrected chi connectivity index (χ4v) is 3.09. The molecule has 0 aromatic heterocycles. The van der Waals surface area contributed by atoms with E-state index in [9.17, 15) is 14.4 Å². The van der Waals surface area contributed by atoms with Crippen LogP contribution in [0.2, 0.25) is 0 Å². The van der Waals surface area contributed by atoms with Crippen LogP contribution in [-0.4, -0.2) is 28.1 Å². The third kappa shape index (κ3) is 6.64. The summed E-state index contributed by atoms with van der Waals surface area (Å²) < 4.78 is 0. The average Bonchev–Trinajstić information content (AvgIpc) is 2.76. The third-order valence-electron chi connectivity index (χ3n) is 4.95. The Morgan fingerprint density at radius 1 is 0.935 bits per heavy atom. The van der Waals surface area contributed by atoms with Crippen molar-refractivity contribution in [1.82, 2.24) is 10.4 Å². The average molecular weight is 421 g/mol. The Morgan fingerprint density at radius 2 is 1.48 bits per heavy atom. The van der Waals surface area contributed by atoms with Crippen molar-refractivity contribution in [2.24, 2.45) is 0 Å². The number of amides is 2. The molecule has 0 aliphatic heterocycles. The SMILES string of the molecule is C=CCCCc1ccc(C(=O)N(NC(=O)c2ccc(C(=O)CC)cc2)C(C)(C)C)cc1. The van der Waals surface area contributed by atoms with Crippen LogP contribution in [-0.2, 0) is 6.42 Å². The second kappa shape index (κ2) is 10.7. The van der Waals surface area contributed by atoms with Gasteiger partial charge in [-0.15, -0.1) is 6.58 Å². The second-order valence-corrected chi connectivity index (χ2v) is 8.48. The van der Waals surface area contributed by atoms with Crippen LogP contribution in [0.5, 0.6) is 0 Å². The van der Waals surface area contributed by atoms with Crippen LogP contribution in [0, 0.1) is 0 Å². The number of carbonyl (C=O) groups excluding carboxylic acids is 3. The lowest BCUT2D eigenvalue weighted by Crippen LogP contribution is -2.55. The van der Waals surface area contributed by atoms with Crippen LogP contribution < -0.4 is 5.43 Å². The summed E-state index contributed by atoms with van der Waals surface area (Å²) in [5.74, 6) is -0.664. The molecule has 2 aromatic rings. The molecule has 164 valence electrons. The number of rotatable bonds is 8. The molecule has 2 amide bonds. The normalized spacial score (nSPS) is 11.0. The number of hydrogen-bond acceptors (Lipinski definition) is 3. The van der Waals surface area contributed by atoms with Crippen LogP contribution in [0.1, 0.15) is 83.6 Å². The van der Waals surface area contributed by atoms with E-state index in [1.807, 2.05) is 39.0 Å². The summed E-state index contributed by atoms with van der Waals surface area (Å²) >= 11 is 0. The van der Waals surface area contributed by atoms with E-state index in [0.29, 0.717) is 23.1 Å². The highest BCUT2D eigenvalue weighted by atomic mass is 16.2. The standard InChI is InChI=1S/C26H32N2O3/c1-6-8-9-10-19-11-13-22(14-12-19)25(31)28(26(3,4)5)27-24(30)21-17-15-20(16-18-21)23(29)7-2/h6,11-18H,1,7-10H2,2-5H3,(H,27,30). The first kappa shape index (κ1) is 24.1. The molecule has 31 heavy (non-hydrogen) atoms. The van der Waals surface area contributed by atoms with E-state index >= 15 is 0 Å². The molecule has 0 radical (unpaired) electrons. The number of hydrazine groups is 1. The first-order chi connectivity index (χ1) is 14.7. The molecule has 0 unspecified atom stereocenters. The monoisotopic (exact) mass is 420 g/mol. The zero-order valence-electron chi connectivity index (χ0n) is 18.9. The molecular formula is C26H32N2O3. The zero-order chi connectivity index (χ0) is 23.0. The lowest BCUT2D eigenvalue weighted by molar-refractivity contribution is 0.0358. The van der Waals surface area contributed by atoms with Crippen LogP contribution in [0.25, 0.3) is 0 Å². The molecule has 0 saturated carbocycles. The number of Topliss-reactive ketones (excluding diaryl/α,β-unsaturated/α-hetero) is 1. The summed E-state index contributed by atoms with van der Waals surface area (Å²) in [5.41, 5.74) is 4.72. The molecule has 5 heteroatoms. The van der Waals surface area contributed by atoms with Crippen molar-refractivity contribution < 1.29 is 14.4 Å². The van der Waals surface area contributed by atoms with Gasteiger partial charge in [0.05, 0.1) is 5.54 Å². The molecule has 0 atom stereocenters. The summed E-state index contributed by atoms with van der Waals surface area (Å²) in [4.78, 5) is 37.7. The minimum atomic E-state index is -0.631. The highest BCUT2D eigenvalue weighted by Gasteiger charge is 2.29. The van der Waals surface area contributed by atoms with Crippen LogP contribution in [0.3, 0.4) is 0 Å². The molecule has 0 spiro atoms. The second-order valence-electron chi connectivity index (χ2n) is 8.48. The van der Waals surface area contributed by atoms with Crippen molar-refractivity contribution in [1.29, 1.82) is 0 Å². The van der Waals surface area contributed by atoms with Gasteiger partial charge >= 0.3 is 0 Å². The van der Waals surface area contributed by atoms with Gasteiger partial charge in [0.2, 0.25) is 0 Å². The number of unbranched alkanes of at least 4 members (excludes halogenated alkanes) is 1. The quantitative estimate of drug-likeness (QED) is 0.270. The van der Waals surface area contributed by atoms with Gasteiger partial charge in [-0.2, -0.15) is 0 Å². The van der Waals surface area contributed by atoms with Crippen molar-refractivity contribution in [3.05, 3.63) is 83.4 Å². The Balaban J connectivity index is 2.16. The first-order valence-corrected chi connectivity index (χ1v) is 10.7. The summed E-state index contributed by atoms with van der Waals surface area (Å²) in [6, 6.07) is 13.9. The lowest BCUT2D eigenvalue weighted by atomic mass is 10.0.